The van der Waals surface area contributed by atoms with Gasteiger partial charge in [-0.1, -0.05) is 58.2 Å². The van der Waals surface area contributed by atoms with E-state index in [0.29, 0.717) is 10.6 Å². The van der Waals surface area contributed by atoms with Gasteiger partial charge in [-0.3, -0.25) is 0 Å². The van der Waals surface area contributed by atoms with E-state index in [-0.39, 0.29) is 11.9 Å². The lowest BCUT2D eigenvalue weighted by Crippen LogP contribution is -2.24. The maximum Gasteiger partial charge on any atom is 0.129 e. The molecule has 2 rings (SSSR count). The number of nitrogens with one attached hydrogen (secondary N) is 1. The lowest BCUT2D eigenvalue weighted by molar-refractivity contribution is 0.545. The summed E-state index contributed by atoms with van der Waals surface area (Å²) in [4.78, 5) is 0. The van der Waals surface area contributed by atoms with Crippen LogP contribution in [0.15, 0.2) is 40.9 Å². The number of aryl methyl sites for hydroxylation is 1. The third-order valence-electron chi connectivity index (χ3n) is 3.33. The van der Waals surface area contributed by atoms with Crippen LogP contribution in [0, 0.1) is 12.7 Å². The Bertz CT molecular complexity index is 630. The molecule has 21 heavy (non-hydrogen) atoms. The van der Waals surface area contributed by atoms with Crippen molar-refractivity contribution >= 4 is 27.5 Å². The summed E-state index contributed by atoms with van der Waals surface area (Å²) in [7, 11) is 0. The van der Waals surface area contributed by atoms with Gasteiger partial charge in [0.2, 0.25) is 0 Å². The third kappa shape index (κ3) is 4.06. The van der Waals surface area contributed by atoms with Crippen molar-refractivity contribution in [1.82, 2.24) is 5.32 Å². The van der Waals surface area contributed by atoms with Crippen LogP contribution in [0.2, 0.25) is 5.02 Å². The Morgan fingerprint density at radius 3 is 2.62 bits per heavy atom. The number of rotatable bonds is 5. The molecule has 0 aliphatic carbocycles. The molecular formula is C17H18BrClFN. The second kappa shape index (κ2) is 7.39. The summed E-state index contributed by atoms with van der Waals surface area (Å²) in [6.07, 6.45) is 0.981. The highest BCUT2D eigenvalue weighted by molar-refractivity contribution is 9.10. The van der Waals surface area contributed by atoms with E-state index in [0.717, 1.165) is 28.6 Å². The Kier molecular flexibility index (Phi) is 5.80. The van der Waals surface area contributed by atoms with Gasteiger partial charge in [-0.25, -0.2) is 4.39 Å². The first-order chi connectivity index (χ1) is 10.0. The summed E-state index contributed by atoms with van der Waals surface area (Å²) in [6, 6.07) is 10.7. The van der Waals surface area contributed by atoms with Gasteiger partial charge in [0.05, 0.1) is 6.04 Å². The fourth-order valence-corrected chi connectivity index (χ4v) is 2.93. The van der Waals surface area contributed by atoms with Crippen LogP contribution >= 0.6 is 27.5 Å². The highest BCUT2D eigenvalue weighted by Gasteiger charge is 2.20. The Hall–Kier alpha value is -0.900. The third-order valence-corrected chi connectivity index (χ3v) is 4.29. The Morgan fingerprint density at radius 1 is 1.19 bits per heavy atom. The molecule has 0 bridgehead atoms. The highest BCUT2D eigenvalue weighted by Crippen LogP contribution is 2.31. The topological polar surface area (TPSA) is 12.0 Å². The zero-order valence-electron chi connectivity index (χ0n) is 12.1. The van der Waals surface area contributed by atoms with Gasteiger partial charge in [0, 0.05) is 15.1 Å². The van der Waals surface area contributed by atoms with Gasteiger partial charge in [0.25, 0.3) is 0 Å². The number of halogens is 3. The molecule has 1 nitrogen and oxygen atoms in total. The minimum atomic E-state index is -0.287. The molecule has 112 valence electrons. The SMILES string of the molecule is CCCNC(c1ccc(Cl)cc1F)c1cc(C)ccc1Br. The second-order valence-electron chi connectivity index (χ2n) is 5.08. The molecule has 0 saturated carbocycles. The monoisotopic (exact) mass is 369 g/mol. The highest BCUT2D eigenvalue weighted by atomic mass is 79.9. The van der Waals surface area contributed by atoms with E-state index in [9.17, 15) is 4.39 Å². The summed E-state index contributed by atoms with van der Waals surface area (Å²) in [5.74, 6) is -0.287. The van der Waals surface area contributed by atoms with Crippen molar-refractivity contribution < 1.29 is 4.39 Å². The minimum absolute atomic E-state index is 0.198. The molecule has 2 aromatic rings. The van der Waals surface area contributed by atoms with E-state index < -0.39 is 0 Å². The summed E-state index contributed by atoms with van der Waals surface area (Å²) >= 11 is 9.43. The van der Waals surface area contributed by atoms with Gasteiger partial charge in [-0.15, -0.1) is 0 Å². The van der Waals surface area contributed by atoms with E-state index in [2.05, 4.69) is 34.2 Å². The van der Waals surface area contributed by atoms with Gasteiger partial charge in [0.1, 0.15) is 5.82 Å². The second-order valence-corrected chi connectivity index (χ2v) is 6.37. The lowest BCUT2D eigenvalue weighted by atomic mass is 9.96. The Labute approximate surface area is 138 Å². The zero-order valence-corrected chi connectivity index (χ0v) is 14.4. The molecule has 0 saturated heterocycles. The first-order valence-electron chi connectivity index (χ1n) is 6.97. The molecule has 4 heteroatoms. The normalized spacial score (nSPS) is 12.4. The quantitative estimate of drug-likeness (QED) is 0.718. The maximum atomic E-state index is 14.3. The zero-order chi connectivity index (χ0) is 15.4. The van der Waals surface area contributed by atoms with Crippen molar-refractivity contribution in [3.63, 3.8) is 0 Å². The predicted molar refractivity (Wildman–Crippen MR) is 90.4 cm³/mol. The molecule has 0 aliphatic heterocycles. The van der Waals surface area contributed by atoms with Gasteiger partial charge in [-0.2, -0.15) is 0 Å². The van der Waals surface area contributed by atoms with E-state index in [1.165, 1.54) is 6.07 Å². The van der Waals surface area contributed by atoms with Crippen molar-refractivity contribution in [2.24, 2.45) is 0 Å². The predicted octanol–water partition coefficient (Wildman–Crippen LogP) is 5.64. The lowest BCUT2D eigenvalue weighted by Gasteiger charge is -2.22. The van der Waals surface area contributed by atoms with Gasteiger partial charge < -0.3 is 5.32 Å². The van der Waals surface area contributed by atoms with E-state index in [4.69, 9.17) is 11.6 Å². The summed E-state index contributed by atoms with van der Waals surface area (Å²) < 4.78 is 15.3. The number of benzene rings is 2. The van der Waals surface area contributed by atoms with Crippen LogP contribution in [0.4, 0.5) is 4.39 Å². The van der Waals surface area contributed by atoms with Crippen molar-refractivity contribution in [3.8, 4) is 0 Å². The first-order valence-corrected chi connectivity index (χ1v) is 8.14. The molecule has 0 aliphatic rings. The van der Waals surface area contributed by atoms with Crippen molar-refractivity contribution in [2.75, 3.05) is 6.54 Å². The molecule has 0 fully saturated rings. The van der Waals surface area contributed by atoms with Crippen molar-refractivity contribution in [2.45, 2.75) is 26.3 Å². The number of hydrogen-bond acceptors (Lipinski definition) is 1. The molecule has 0 radical (unpaired) electrons. The van der Waals surface area contributed by atoms with Crippen LogP contribution in [0.1, 0.15) is 36.1 Å². The number of hydrogen-bond donors (Lipinski definition) is 1. The summed E-state index contributed by atoms with van der Waals surface area (Å²) in [5.41, 5.74) is 2.79. The Balaban J connectivity index is 2.49. The fourth-order valence-electron chi connectivity index (χ4n) is 2.30. The van der Waals surface area contributed by atoms with E-state index in [1.54, 1.807) is 12.1 Å². The van der Waals surface area contributed by atoms with E-state index >= 15 is 0 Å². The molecule has 0 heterocycles. The molecule has 1 atom stereocenters. The smallest absolute Gasteiger partial charge is 0.129 e. The van der Waals surface area contributed by atoms with Crippen LogP contribution in [0.3, 0.4) is 0 Å². The Morgan fingerprint density at radius 2 is 1.95 bits per heavy atom. The van der Waals surface area contributed by atoms with Crippen LogP contribution in [0.5, 0.6) is 0 Å². The van der Waals surface area contributed by atoms with Crippen LogP contribution in [0.25, 0.3) is 0 Å². The first kappa shape index (κ1) is 16.5. The molecule has 0 spiro atoms. The molecule has 1 N–H and O–H groups in total. The average Bonchev–Trinajstić information content (AvgIpc) is 2.44. The largest absolute Gasteiger partial charge is 0.306 e. The van der Waals surface area contributed by atoms with Gasteiger partial charge in [-0.05, 0) is 43.7 Å². The summed E-state index contributed by atoms with van der Waals surface area (Å²) in [5, 5.41) is 3.83. The summed E-state index contributed by atoms with van der Waals surface area (Å²) in [6.45, 7) is 4.94. The van der Waals surface area contributed by atoms with Crippen LogP contribution in [-0.4, -0.2) is 6.54 Å². The molecule has 2 aromatic carbocycles. The maximum absolute atomic E-state index is 14.3. The van der Waals surface area contributed by atoms with Crippen LogP contribution < -0.4 is 5.32 Å². The minimum Gasteiger partial charge on any atom is -0.306 e. The molecular weight excluding hydrogens is 353 g/mol. The molecule has 0 aromatic heterocycles. The van der Waals surface area contributed by atoms with Crippen molar-refractivity contribution in [3.05, 3.63) is 68.4 Å². The van der Waals surface area contributed by atoms with Gasteiger partial charge in [0.15, 0.2) is 0 Å². The standard InChI is InChI=1S/C17H18BrClFN/c1-3-8-21-17(13-6-5-12(19)10-16(13)20)14-9-11(2)4-7-15(14)18/h4-7,9-10,17,21H,3,8H2,1-2H3. The average molecular weight is 371 g/mol. The fraction of sp³-hybridized carbons (Fsp3) is 0.294. The van der Waals surface area contributed by atoms with Crippen molar-refractivity contribution in [1.29, 1.82) is 0 Å². The van der Waals surface area contributed by atoms with Crippen LogP contribution in [-0.2, 0) is 0 Å². The van der Waals surface area contributed by atoms with Gasteiger partial charge >= 0.3 is 0 Å². The van der Waals surface area contributed by atoms with E-state index in [1.807, 2.05) is 19.1 Å². The molecule has 0 amide bonds. The molecule has 1 unspecified atom stereocenters.